The maximum absolute atomic E-state index is 13.1. The van der Waals surface area contributed by atoms with Crippen LogP contribution in [0.3, 0.4) is 0 Å². The van der Waals surface area contributed by atoms with Crippen LogP contribution in [0, 0.1) is 0 Å². The monoisotopic (exact) mass is 454 g/mol. The lowest BCUT2D eigenvalue weighted by atomic mass is 10.0. The fourth-order valence-corrected chi connectivity index (χ4v) is 4.13. The van der Waals surface area contributed by atoms with Gasteiger partial charge in [-0.05, 0) is 60.0 Å². The number of hydrogen-bond acceptors (Lipinski definition) is 6. The molecule has 0 unspecified atom stereocenters. The molecule has 1 aliphatic rings. The summed E-state index contributed by atoms with van der Waals surface area (Å²) in [5, 5.41) is 15.7. The first kappa shape index (κ1) is 20.6. The van der Waals surface area contributed by atoms with Gasteiger partial charge in [0.25, 0.3) is 5.91 Å². The zero-order valence-corrected chi connectivity index (χ0v) is 18.1. The minimum Gasteiger partial charge on any atom is -0.494 e. The van der Waals surface area contributed by atoms with E-state index in [0.717, 1.165) is 0 Å². The molecule has 3 heterocycles. The third-order valence-electron chi connectivity index (χ3n) is 5.18. The number of anilines is 1. The predicted octanol–water partition coefficient (Wildman–Crippen LogP) is 4.81. The fraction of sp³-hybridized carbons (Fsp3) is 0.0400. The molecule has 8 heteroatoms. The third-order valence-corrected chi connectivity index (χ3v) is 6.05. The Morgan fingerprint density at radius 1 is 1.12 bits per heavy atom. The number of aromatic nitrogens is 1. The molecule has 1 aliphatic heterocycles. The van der Waals surface area contributed by atoms with E-state index in [0.29, 0.717) is 50.5 Å². The first-order chi connectivity index (χ1) is 16.1. The van der Waals surface area contributed by atoms with Gasteiger partial charge in [-0.1, -0.05) is 12.1 Å². The minimum absolute atomic E-state index is 0.0215. The van der Waals surface area contributed by atoms with E-state index in [2.05, 4.69) is 20.3 Å². The number of aromatic amines is 1. The molecule has 4 aromatic rings. The summed E-state index contributed by atoms with van der Waals surface area (Å²) < 4.78 is 0. The van der Waals surface area contributed by atoms with Crippen molar-refractivity contribution in [2.24, 2.45) is 9.98 Å². The first-order valence-corrected chi connectivity index (χ1v) is 11.1. The highest BCUT2D eigenvalue weighted by atomic mass is 32.1. The highest BCUT2D eigenvalue weighted by Crippen LogP contribution is 2.28. The Hall–Kier alpha value is -4.30. The van der Waals surface area contributed by atoms with Crippen molar-refractivity contribution in [2.75, 3.05) is 11.9 Å². The lowest BCUT2D eigenvalue weighted by Gasteiger charge is -2.06. The van der Waals surface area contributed by atoms with Gasteiger partial charge in [0.15, 0.2) is 11.7 Å². The van der Waals surface area contributed by atoms with Gasteiger partial charge < -0.3 is 15.4 Å². The van der Waals surface area contributed by atoms with Crippen molar-refractivity contribution in [3.63, 3.8) is 0 Å². The van der Waals surface area contributed by atoms with Crippen LogP contribution in [-0.2, 0) is 0 Å². The van der Waals surface area contributed by atoms with E-state index in [1.54, 1.807) is 54.7 Å². The molecule has 2 aromatic heterocycles. The van der Waals surface area contributed by atoms with Crippen LogP contribution in [-0.4, -0.2) is 40.4 Å². The SMILES string of the molecule is O=C(c1ccc(NC(=O)c2cccs2)cc1)c1ccc2[nH]c(O)c(C=NC3=NCC=C3)c2c1. The van der Waals surface area contributed by atoms with E-state index in [4.69, 9.17) is 0 Å². The van der Waals surface area contributed by atoms with E-state index in [9.17, 15) is 14.7 Å². The second-order valence-electron chi connectivity index (χ2n) is 7.34. The Labute approximate surface area is 192 Å². The number of ketones is 1. The number of nitrogens with one attached hydrogen (secondary N) is 2. The lowest BCUT2D eigenvalue weighted by molar-refractivity contribution is 0.102. The standard InChI is InChI=1S/C25H18N4O3S/c30-23(15-5-8-17(9-6-15)28-25(32)21-3-2-12-33-21)16-7-10-20-18(13-16)19(24(31)29-20)14-27-22-4-1-11-26-22/h1-10,12-14,29,31H,11H2,(H,28,32). The summed E-state index contributed by atoms with van der Waals surface area (Å²) in [4.78, 5) is 37.3. The number of nitrogens with zero attached hydrogens (tertiary/aromatic N) is 2. The van der Waals surface area contributed by atoms with Crippen molar-refractivity contribution in [1.82, 2.24) is 4.98 Å². The summed E-state index contributed by atoms with van der Waals surface area (Å²) >= 11 is 1.36. The van der Waals surface area contributed by atoms with Gasteiger partial charge in [0.05, 0.1) is 17.0 Å². The van der Waals surface area contributed by atoms with Crippen LogP contribution in [0.5, 0.6) is 5.88 Å². The maximum Gasteiger partial charge on any atom is 0.265 e. The van der Waals surface area contributed by atoms with Crippen LogP contribution in [0.1, 0.15) is 31.2 Å². The second kappa shape index (κ2) is 8.68. The predicted molar refractivity (Wildman–Crippen MR) is 131 cm³/mol. The van der Waals surface area contributed by atoms with Crippen LogP contribution in [0.25, 0.3) is 10.9 Å². The van der Waals surface area contributed by atoms with Gasteiger partial charge in [0, 0.05) is 33.9 Å². The fourth-order valence-electron chi connectivity index (χ4n) is 3.51. The van der Waals surface area contributed by atoms with Crippen molar-refractivity contribution in [2.45, 2.75) is 0 Å². The molecule has 0 spiro atoms. The number of carbonyl (C=O) groups is 2. The maximum atomic E-state index is 13.1. The number of hydrogen-bond donors (Lipinski definition) is 3. The molecule has 0 radical (unpaired) electrons. The largest absolute Gasteiger partial charge is 0.494 e. The Balaban J connectivity index is 1.38. The first-order valence-electron chi connectivity index (χ1n) is 10.2. The zero-order valence-electron chi connectivity index (χ0n) is 17.3. The Morgan fingerprint density at radius 3 is 2.67 bits per heavy atom. The molecule has 0 saturated heterocycles. The van der Waals surface area contributed by atoms with E-state index < -0.39 is 0 Å². The molecule has 0 bridgehead atoms. The molecule has 0 fully saturated rings. The molecule has 3 N–H and O–H groups in total. The summed E-state index contributed by atoms with van der Waals surface area (Å²) in [7, 11) is 0. The molecule has 0 saturated carbocycles. The summed E-state index contributed by atoms with van der Waals surface area (Å²) in [6, 6.07) is 15.5. The molecular weight excluding hydrogens is 436 g/mol. The van der Waals surface area contributed by atoms with Gasteiger partial charge in [-0.3, -0.25) is 14.6 Å². The van der Waals surface area contributed by atoms with Crippen LogP contribution in [0.2, 0.25) is 0 Å². The van der Waals surface area contributed by atoms with Gasteiger partial charge in [-0.25, -0.2) is 4.99 Å². The quantitative estimate of drug-likeness (QED) is 0.298. The number of aliphatic imine (C=N–C) groups is 2. The van der Waals surface area contributed by atoms with Crippen molar-refractivity contribution in [1.29, 1.82) is 0 Å². The van der Waals surface area contributed by atoms with Crippen LogP contribution >= 0.6 is 11.3 Å². The molecule has 33 heavy (non-hydrogen) atoms. The van der Waals surface area contributed by atoms with Crippen molar-refractivity contribution in [3.05, 3.63) is 93.7 Å². The van der Waals surface area contributed by atoms with E-state index in [1.807, 2.05) is 23.6 Å². The number of rotatable bonds is 5. The van der Waals surface area contributed by atoms with E-state index >= 15 is 0 Å². The van der Waals surface area contributed by atoms with Crippen LogP contribution in [0.15, 0.2) is 82.1 Å². The Kier molecular flexibility index (Phi) is 5.42. The Morgan fingerprint density at radius 2 is 1.94 bits per heavy atom. The number of H-pyrrole nitrogens is 1. The molecule has 0 atom stereocenters. The molecule has 1 amide bonds. The van der Waals surface area contributed by atoms with Crippen LogP contribution in [0.4, 0.5) is 5.69 Å². The second-order valence-corrected chi connectivity index (χ2v) is 8.29. The van der Waals surface area contributed by atoms with Crippen LogP contribution < -0.4 is 5.32 Å². The van der Waals surface area contributed by atoms with Gasteiger partial charge in [0.1, 0.15) is 5.84 Å². The zero-order chi connectivity index (χ0) is 22.8. The number of fused-ring (bicyclic) bond motifs is 1. The summed E-state index contributed by atoms with van der Waals surface area (Å²) in [5.74, 6) is 0.212. The molecule has 162 valence electrons. The smallest absolute Gasteiger partial charge is 0.265 e. The molecule has 0 aliphatic carbocycles. The minimum atomic E-state index is -0.185. The van der Waals surface area contributed by atoms with E-state index in [-0.39, 0.29) is 17.6 Å². The van der Waals surface area contributed by atoms with Gasteiger partial charge in [0.2, 0.25) is 0 Å². The number of thiophene rings is 1. The van der Waals surface area contributed by atoms with Gasteiger partial charge in [-0.15, -0.1) is 11.3 Å². The normalized spacial score (nSPS) is 13.0. The number of amidine groups is 1. The summed E-state index contributed by atoms with van der Waals surface area (Å²) in [6.07, 6.45) is 5.25. The van der Waals surface area contributed by atoms with E-state index in [1.165, 1.54) is 11.3 Å². The van der Waals surface area contributed by atoms with Gasteiger partial charge >= 0.3 is 0 Å². The average Bonchev–Trinajstić information content (AvgIpc) is 3.59. The van der Waals surface area contributed by atoms with Gasteiger partial charge in [-0.2, -0.15) is 0 Å². The van der Waals surface area contributed by atoms with Crippen molar-refractivity contribution < 1.29 is 14.7 Å². The highest BCUT2D eigenvalue weighted by molar-refractivity contribution is 7.12. The molecule has 7 nitrogen and oxygen atoms in total. The topological polar surface area (TPSA) is 107 Å². The molecule has 2 aromatic carbocycles. The lowest BCUT2D eigenvalue weighted by Crippen LogP contribution is -2.10. The number of aromatic hydroxyl groups is 1. The summed E-state index contributed by atoms with van der Waals surface area (Å²) in [6.45, 7) is 0.599. The summed E-state index contributed by atoms with van der Waals surface area (Å²) in [5.41, 5.74) is 2.77. The number of benzene rings is 2. The average molecular weight is 455 g/mol. The third kappa shape index (κ3) is 4.24. The highest BCUT2D eigenvalue weighted by Gasteiger charge is 2.15. The van der Waals surface area contributed by atoms with Crippen molar-refractivity contribution >= 4 is 51.7 Å². The Bertz CT molecular complexity index is 1450. The molecular formula is C25H18N4O3S. The number of amides is 1. The number of carbonyl (C=O) groups excluding carboxylic acids is 2. The molecule has 5 rings (SSSR count). The van der Waals surface area contributed by atoms with Crippen molar-refractivity contribution in [3.8, 4) is 5.88 Å².